The van der Waals surface area contributed by atoms with Gasteiger partial charge >= 0.3 is 12.2 Å². The van der Waals surface area contributed by atoms with Crippen LogP contribution < -0.4 is 16.4 Å². The molecule has 3 heterocycles. The van der Waals surface area contributed by atoms with Crippen molar-refractivity contribution in [2.24, 2.45) is 4.99 Å². The predicted octanol–water partition coefficient (Wildman–Crippen LogP) is 3.28. The molecular formula is C21H19F3N8O3. The van der Waals surface area contributed by atoms with Gasteiger partial charge in [-0.1, -0.05) is 5.16 Å². The van der Waals surface area contributed by atoms with Crippen molar-refractivity contribution in [1.82, 2.24) is 25.3 Å². The second kappa shape index (κ2) is 9.04. The van der Waals surface area contributed by atoms with Crippen molar-refractivity contribution in [3.05, 3.63) is 58.9 Å². The van der Waals surface area contributed by atoms with Crippen LogP contribution in [0.5, 0.6) is 0 Å². The average molecular weight is 488 g/mol. The maximum Gasteiger partial charge on any atom is 0.416 e. The van der Waals surface area contributed by atoms with Crippen molar-refractivity contribution < 1.29 is 27.3 Å². The van der Waals surface area contributed by atoms with Gasteiger partial charge in [-0.2, -0.15) is 13.2 Å². The van der Waals surface area contributed by atoms with E-state index in [1.54, 1.807) is 14.0 Å². The largest absolute Gasteiger partial charge is 0.416 e. The second-order valence-corrected chi connectivity index (χ2v) is 7.71. The van der Waals surface area contributed by atoms with Crippen molar-refractivity contribution in [3.63, 3.8) is 0 Å². The summed E-state index contributed by atoms with van der Waals surface area (Å²) in [4.78, 5) is 38.1. The minimum Gasteiger partial charge on any atom is -0.397 e. The zero-order valence-corrected chi connectivity index (χ0v) is 18.4. The van der Waals surface area contributed by atoms with Gasteiger partial charge in [0.2, 0.25) is 0 Å². The summed E-state index contributed by atoms with van der Waals surface area (Å²) in [6, 6.07) is 3.38. The molecule has 14 heteroatoms. The summed E-state index contributed by atoms with van der Waals surface area (Å²) >= 11 is 0. The van der Waals surface area contributed by atoms with Gasteiger partial charge < -0.3 is 20.5 Å². The third-order valence-electron chi connectivity index (χ3n) is 5.14. The molecule has 3 aromatic rings. The van der Waals surface area contributed by atoms with Crippen LogP contribution in [0.15, 0.2) is 40.1 Å². The lowest BCUT2D eigenvalue weighted by molar-refractivity contribution is -0.137. The number of amides is 3. The number of alkyl halides is 3. The van der Waals surface area contributed by atoms with Crippen LogP contribution in [-0.4, -0.2) is 45.2 Å². The number of nitrogens with one attached hydrogen (secondary N) is 2. The van der Waals surface area contributed by atoms with Crippen molar-refractivity contribution in [1.29, 1.82) is 0 Å². The van der Waals surface area contributed by atoms with Crippen molar-refractivity contribution in [3.8, 4) is 0 Å². The molecule has 1 aliphatic rings. The molecule has 1 aromatic carbocycles. The first-order chi connectivity index (χ1) is 16.5. The number of halogens is 3. The summed E-state index contributed by atoms with van der Waals surface area (Å²) in [6.45, 7) is 1.82. The molecule has 1 aliphatic heterocycles. The van der Waals surface area contributed by atoms with Crippen molar-refractivity contribution in [2.45, 2.75) is 25.7 Å². The number of carbonyl (C=O) groups excluding carboxylic acids is 2. The Bertz CT molecular complexity index is 1320. The Morgan fingerprint density at radius 1 is 1.34 bits per heavy atom. The van der Waals surface area contributed by atoms with Crippen LogP contribution in [0.4, 0.5) is 35.2 Å². The number of fused-ring (bicyclic) bond motifs is 1. The van der Waals surface area contributed by atoms with Crippen LogP contribution in [0.25, 0.3) is 0 Å². The van der Waals surface area contributed by atoms with Crippen molar-refractivity contribution in [2.75, 3.05) is 18.1 Å². The van der Waals surface area contributed by atoms with E-state index in [4.69, 9.17) is 10.3 Å². The Balaban J connectivity index is 1.45. The van der Waals surface area contributed by atoms with Gasteiger partial charge in [0.1, 0.15) is 23.5 Å². The number of aromatic nitrogens is 3. The quantitative estimate of drug-likeness (QED) is 0.368. The molecule has 0 saturated carbocycles. The Morgan fingerprint density at radius 3 is 2.83 bits per heavy atom. The monoisotopic (exact) mass is 488 g/mol. The van der Waals surface area contributed by atoms with Crippen LogP contribution in [-0.2, 0) is 12.7 Å². The van der Waals surface area contributed by atoms with E-state index in [2.05, 4.69) is 30.8 Å². The molecule has 0 bridgehead atoms. The number of urea groups is 1. The highest BCUT2D eigenvalue weighted by Crippen LogP contribution is 2.33. The van der Waals surface area contributed by atoms with E-state index >= 15 is 0 Å². The van der Waals surface area contributed by atoms with E-state index in [0.29, 0.717) is 11.3 Å². The second-order valence-electron chi connectivity index (χ2n) is 7.71. The third-order valence-corrected chi connectivity index (χ3v) is 5.14. The van der Waals surface area contributed by atoms with Crippen LogP contribution in [0, 0.1) is 0 Å². The fourth-order valence-corrected chi connectivity index (χ4v) is 3.26. The molecule has 0 radical (unpaired) electrons. The van der Waals surface area contributed by atoms with Gasteiger partial charge in [-0.05, 0) is 25.1 Å². The van der Waals surface area contributed by atoms with Gasteiger partial charge in [-0.25, -0.2) is 14.8 Å². The Morgan fingerprint density at radius 2 is 2.11 bits per heavy atom. The van der Waals surface area contributed by atoms with E-state index in [1.807, 2.05) is 0 Å². The molecule has 0 fully saturated rings. The van der Waals surface area contributed by atoms with Gasteiger partial charge in [-0.15, -0.1) is 0 Å². The molecule has 0 saturated heterocycles. The van der Waals surface area contributed by atoms with Gasteiger partial charge in [0.05, 0.1) is 35.7 Å². The Labute approximate surface area is 196 Å². The summed E-state index contributed by atoms with van der Waals surface area (Å²) in [5.74, 6) is 0.0555. The maximum absolute atomic E-state index is 12.8. The lowest BCUT2D eigenvalue weighted by atomic mass is 10.1. The average Bonchev–Trinajstić information content (AvgIpc) is 3.27. The highest BCUT2D eigenvalue weighted by Gasteiger charge is 2.31. The predicted molar refractivity (Wildman–Crippen MR) is 118 cm³/mol. The molecule has 4 N–H and O–H groups in total. The highest BCUT2D eigenvalue weighted by molar-refractivity contribution is 5.98. The van der Waals surface area contributed by atoms with Crippen LogP contribution in [0.2, 0.25) is 0 Å². The maximum atomic E-state index is 12.8. The standard InChI is InChI=1S/C21H19F3N8O3/c1-10(29-19(33)17-13-8-32(2)20(34)30-18(13)28-9-27-17)16-6-12(31-35-16)7-26-15-4-3-11(5-14(15)25)21(22,23)24/h3-7,9-10H,8,25H2,1-2H3,(H,29,33)(H,27,28,30,34). The Hall–Kier alpha value is -4.49. The molecule has 35 heavy (non-hydrogen) atoms. The van der Waals surface area contributed by atoms with Gasteiger partial charge in [0, 0.05) is 18.7 Å². The van der Waals surface area contributed by atoms with Gasteiger partial charge in [0.25, 0.3) is 5.91 Å². The number of nitrogens with two attached hydrogens (primary N) is 1. The van der Waals surface area contributed by atoms with E-state index in [-0.39, 0.29) is 41.2 Å². The Kier molecular flexibility index (Phi) is 6.11. The summed E-state index contributed by atoms with van der Waals surface area (Å²) in [5.41, 5.74) is 5.63. The molecule has 1 atom stereocenters. The summed E-state index contributed by atoms with van der Waals surface area (Å²) in [6.07, 6.45) is -2.05. The smallest absolute Gasteiger partial charge is 0.397 e. The minimum absolute atomic E-state index is 0.104. The topological polar surface area (TPSA) is 152 Å². The first kappa shape index (κ1) is 23.7. The van der Waals surface area contributed by atoms with E-state index < -0.39 is 23.7 Å². The highest BCUT2D eigenvalue weighted by atomic mass is 19.4. The van der Waals surface area contributed by atoms with Gasteiger partial charge in [-0.3, -0.25) is 15.1 Å². The molecule has 4 rings (SSSR count). The molecule has 1 unspecified atom stereocenters. The summed E-state index contributed by atoms with van der Waals surface area (Å²) in [7, 11) is 1.57. The molecule has 11 nitrogen and oxygen atoms in total. The normalized spacial score (nSPS) is 14.5. The van der Waals surface area contributed by atoms with E-state index in [1.165, 1.54) is 23.5 Å². The molecule has 0 spiro atoms. The number of nitrogen functional groups attached to an aromatic ring is 1. The van der Waals surface area contributed by atoms with Gasteiger partial charge in [0.15, 0.2) is 5.76 Å². The summed E-state index contributed by atoms with van der Waals surface area (Å²) in [5, 5.41) is 9.15. The molecule has 3 amide bonds. The minimum atomic E-state index is -4.51. The first-order valence-corrected chi connectivity index (χ1v) is 10.2. The zero-order chi connectivity index (χ0) is 25.3. The molecule has 0 aliphatic carbocycles. The number of hydrogen-bond donors (Lipinski definition) is 3. The lowest BCUT2D eigenvalue weighted by Crippen LogP contribution is -2.38. The van der Waals surface area contributed by atoms with Crippen molar-refractivity contribution >= 4 is 35.3 Å². The fourth-order valence-electron chi connectivity index (χ4n) is 3.26. The number of hydrogen-bond acceptors (Lipinski definition) is 8. The van der Waals surface area contributed by atoms with Crippen LogP contribution >= 0.6 is 0 Å². The first-order valence-electron chi connectivity index (χ1n) is 10.2. The fraction of sp³-hybridized carbons (Fsp3) is 0.238. The number of nitrogens with zero attached hydrogens (tertiary/aromatic N) is 5. The zero-order valence-electron chi connectivity index (χ0n) is 18.4. The molecular weight excluding hydrogens is 469 g/mol. The number of anilines is 2. The SMILES string of the molecule is CC(NC(=O)c1ncnc2c1CN(C)C(=O)N2)c1cc(C=Nc2ccc(C(F)(F)F)cc2N)no1. The number of rotatable bonds is 5. The number of aliphatic imine (C=N–C) groups is 1. The number of carbonyl (C=O) groups is 2. The van der Waals surface area contributed by atoms with E-state index in [0.717, 1.165) is 18.2 Å². The lowest BCUT2D eigenvalue weighted by Gasteiger charge is -2.26. The van der Waals surface area contributed by atoms with E-state index in [9.17, 15) is 22.8 Å². The van der Waals surface area contributed by atoms with Crippen LogP contribution in [0.1, 0.15) is 46.0 Å². The summed E-state index contributed by atoms with van der Waals surface area (Å²) < 4.78 is 43.6. The third kappa shape index (κ3) is 5.05. The molecule has 2 aromatic heterocycles. The van der Waals surface area contributed by atoms with Crippen LogP contribution in [0.3, 0.4) is 0 Å². The number of benzene rings is 1. The molecule has 182 valence electrons.